The molecule has 2 amide bonds. The molecular weight excluding hydrogens is 365 g/mol. The van der Waals surface area contributed by atoms with E-state index < -0.39 is 29.6 Å². The van der Waals surface area contributed by atoms with E-state index in [1.807, 2.05) is 6.92 Å². The van der Waals surface area contributed by atoms with Gasteiger partial charge in [-0.3, -0.25) is 14.5 Å². The number of halogens is 3. The second-order valence-corrected chi connectivity index (χ2v) is 6.14. The van der Waals surface area contributed by atoms with Crippen LogP contribution < -0.4 is 16.0 Å². The Morgan fingerprint density at radius 3 is 2.70 bits per heavy atom. The number of carbonyl (C=O) groups is 2. The van der Waals surface area contributed by atoms with Crippen LogP contribution in [0.3, 0.4) is 0 Å². The molecule has 3 N–H and O–H groups in total. The molecule has 1 saturated heterocycles. The summed E-state index contributed by atoms with van der Waals surface area (Å²) < 4.78 is 45.6. The molecule has 150 valence electrons. The highest BCUT2D eigenvalue weighted by Crippen LogP contribution is 2.37. The first-order chi connectivity index (χ1) is 12.7. The van der Waals surface area contributed by atoms with E-state index in [0.29, 0.717) is 6.54 Å². The molecular formula is C17H23F3N4O3. The first-order valence-electron chi connectivity index (χ1n) is 8.49. The van der Waals surface area contributed by atoms with Crippen LogP contribution in [-0.2, 0) is 20.5 Å². The lowest BCUT2D eigenvalue weighted by atomic mass is 10.1. The van der Waals surface area contributed by atoms with E-state index in [9.17, 15) is 22.8 Å². The number of nitrogens with one attached hydrogen (secondary N) is 1. The Morgan fingerprint density at radius 1 is 1.44 bits per heavy atom. The Morgan fingerprint density at radius 2 is 2.15 bits per heavy atom. The fourth-order valence-corrected chi connectivity index (χ4v) is 2.76. The van der Waals surface area contributed by atoms with Gasteiger partial charge in [0.2, 0.25) is 5.91 Å². The van der Waals surface area contributed by atoms with E-state index in [1.54, 1.807) is 11.9 Å². The zero-order chi connectivity index (χ0) is 20.2. The first kappa shape index (κ1) is 21.1. The lowest BCUT2D eigenvalue weighted by molar-refractivity contribution is -0.137. The number of likely N-dealkylation sites (N-methyl/N-ethyl adjacent to an activating group) is 1. The summed E-state index contributed by atoms with van der Waals surface area (Å²) in [5.41, 5.74) is 4.29. The quantitative estimate of drug-likeness (QED) is 0.767. The highest BCUT2D eigenvalue weighted by Gasteiger charge is 2.36. The number of nitrogens with zero attached hydrogens (tertiary/aromatic N) is 2. The maximum Gasteiger partial charge on any atom is 0.418 e. The molecule has 1 aliphatic rings. The zero-order valence-corrected chi connectivity index (χ0v) is 15.2. The Bertz CT molecular complexity index is 696. The van der Waals surface area contributed by atoms with Crippen molar-refractivity contribution in [3.8, 4) is 0 Å². The van der Waals surface area contributed by atoms with Crippen LogP contribution in [-0.4, -0.2) is 62.7 Å². The van der Waals surface area contributed by atoms with Crippen LogP contribution in [0.1, 0.15) is 12.5 Å². The normalized spacial score (nSPS) is 16.6. The fourth-order valence-electron chi connectivity index (χ4n) is 2.76. The van der Waals surface area contributed by atoms with Gasteiger partial charge < -0.3 is 20.7 Å². The number of anilines is 2. The SMILES string of the molecule is CCN(C)[C@H](CN)C(=O)Nc1ccc(N2CCOCC2=O)cc1C(F)(F)F. The maximum absolute atomic E-state index is 13.5. The minimum atomic E-state index is -4.71. The third-order valence-corrected chi connectivity index (χ3v) is 4.42. The van der Waals surface area contributed by atoms with Crippen molar-refractivity contribution < 1.29 is 27.5 Å². The molecule has 27 heavy (non-hydrogen) atoms. The number of nitrogens with two attached hydrogens (primary N) is 1. The van der Waals surface area contributed by atoms with Gasteiger partial charge in [0.15, 0.2) is 0 Å². The standard InChI is InChI=1S/C17H23F3N4O3/c1-3-23(2)14(9-21)16(26)22-13-5-4-11(8-12(13)17(18,19)20)24-6-7-27-10-15(24)25/h4-5,8,14H,3,6-7,9-10,21H2,1-2H3,(H,22,26)/t14-/m1/s1. The molecule has 0 bridgehead atoms. The highest BCUT2D eigenvalue weighted by atomic mass is 19.4. The van der Waals surface area contributed by atoms with Crippen molar-refractivity contribution in [1.82, 2.24) is 4.90 Å². The molecule has 0 saturated carbocycles. The van der Waals surface area contributed by atoms with E-state index in [1.165, 1.54) is 11.0 Å². The van der Waals surface area contributed by atoms with Crippen LogP contribution in [0.2, 0.25) is 0 Å². The number of amides is 2. The Labute approximate surface area is 155 Å². The molecule has 1 fully saturated rings. The van der Waals surface area contributed by atoms with Crippen molar-refractivity contribution in [1.29, 1.82) is 0 Å². The van der Waals surface area contributed by atoms with Crippen molar-refractivity contribution in [2.24, 2.45) is 5.73 Å². The van der Waals surface area contributed by atoms with E-state index in [2.05, 4.69) is 5.32 Å². The summed E-state index contributed by atoms with van der Waals surface area (Å²) in [6.45, 7) is 2.52. The number of hydrogen-bond donors (Lipinski definition) is 2. The molecule has 0 unspecified atom stereocenters. The van der Waals surface area contributed by atoms with Crippen molar-refractivity contribution >= 4 is 23.2 Å². The largest absolute Gasteiger partial charge is 0.418 e. The summed E-state index contributed by atoms with van der Waals surface area (Å²) in [5, 5.41) is 2.32. The Kier molecular flexibility index (Phi) is 6.79. The minimum Gasteiger partial charge on any atom is -0.370 e. The molecule has 1 aromatic carbocycles. The molecule has 7 nitrogen and oxygen atoms in total. The molecule has 1 atom stereocenters. The number of alkyl halides is 3. The fraction of sp³-hybridized carbons (Fsp3) is 0.529. The van der Waals surface area contributed by atoms with Crippen LogP contribution in [0.25, 0.3) is 0 Å². The topological polar surface area (TPSA) is 87.9 Å². The van der Waals surface area contributed by atoms with Gasteiger partial charge in [0.1, 0.15) is 12.6 Å². The lowest BCUT2D eigenvalue weighted by Crippen LogP contribution is -2.46. The van der Waals surface area contributed by atoms with Crippen LogP contribution in [0.15, 0.2) is 18.2 Å². The Hall–Kier alpha value is -2.17. The summed E-state index contributed by atoms with van der Waals surface area (Å²) >= 11 is 0. The smallest absolute Gasteiger partial charge is 0.370 e. The van der Waals surface area contributed by atoms with Gasteiger partial charge in [0.05, 0.1) is 17.9 Å². The molecule has 2 rings (SSSR count). The zero-order valence-electron chi connectivity index (χ0n) is 15.2. The van der Waals surface area contributed by atoms with Crippen LogP contribution >= 0.6 is 0 Å². The molecule has 1 aromatic rings. The average molecular weight is 388 g/mol. The van der Waals surface area contributed by atoms with E-state index in [-0.39, 0.29) is 37.7 Å². The molecule has 0 aliphatic carbocycles. The second-order valence-electron chi connectivity index (χ2n) is 6.14. The van der Waals surface area contributed by atoms with Gasteiger partial charge in [-0.05, 0) is 31.8 Å². The van der Waals surface area contributed by atoms with Crippen molar-refractivity contribution in [2.75, 3.05) is 50.1 Å². The van der Waals surface area contributed by atoms with Crippen molar-refractivity contribution in [3.05, 3.63) is 23.8 Å². The van der Waals surface area contributed by atoms with Crippen molar-refractivity contribution in [2.45, 2.75) is 19.1 Å². The number of carbonyl (C=O) groups excluding carboxylic acids is 2. The molecule has 0 radical (unpaired) electrons. The number of benzene rings is 1. The lowest BCUT2D eigenvalue weighted by Gasteiger charge is -2.28. The van der Waals surface area contributed by atoms with E-state index >= 15 is 0 Å². The van der Waals surface area contributed by atoms with Gasteiger partial charge in [-0.1, -0.05) is 6.92 Å². The first-order valence-corrected chi connectivity index (χ1v) is 8.49. The second kappa shape index (κ2) is 8.68. The summed E-state index contributed by atoms with van der Waals surface area (Å²) in [7, 11) is 1.66. The number of rotatable bonds is 6. The Balaban J connectivity index is 2.33. The average Bonchev–Trinajstić information content (AvgIpc) is 2.62. The molecule has 0 aromatic heterocycles. The third kappa shape index (κ3) is 4.96. The summed E-state index contributed by atoms with van der Waals surface area (Å²) in [6.07, 6.45) is -4.71. The minimum absolute atomic E-state index is 0.0299. The molecule has 10 heteroatoms. The van der Waals surface area contributed by atoms with Gasteiger partial charge in [-0.2, -0.15) is 13.2 Å². The van der Waals surface area contributed by atoms with E-state index in [4.69, 9.17) is 10.5 Å². The number of ether oxygens (including phenoxy) is 1. The predicted octanol–water partition coefficient (Wildman–Crippen LogP) is 1.29. The number of morpholine rings is 1. The molecule has 1 aliphatic heterocycles. The summed E-state index contributed by atoms with van der Waals surface area (Å²) in [4.78, 5) is 27.1. The van der Waals surface area contributed by atoms with Crippen molar-refractivity contribution in [3.63, 3.8) is 0 Å². The van der Waals surface area contributed by atoms with Crippen LogP contribution in [0, 0.1) is 0 Å². The van der Waals surface area contributed by atoms with Gasteiger partial charge in [0, 0.05) is 18.8 Å². The number of hydrogen-bond acceptors (Lipinski definition) is 5. The van der Waals surface area contributed by atoms with Crippen LogP contribution in [0.5, 0.6) is 0 Å². The summed E-state index contributed by atoms with van der Waals surface area (Å²) in [5.74, 6) is -1.04. The monoisotopic (exact) mass is 388 g/mol. The third-order valence-electron chi connectivity index (χ3n) is 4.42. The summed E-state index contributed by atoms with van der Waals surface area (Å²) in [6, 6.07) is 2.63. The van der Waals surface area contributed by atoms with Gasteiger partial charge in [-0.25, -0.2) is 0 Å². The van der Waals surface area contributed by atoms with Gasteiger partial charge >= 0.3 is 6.18 Å². The van der Waals surface area contributed by atoms with Gasteiger partial charge in [-0.15, -0.1) is 0 Å². The maximum atomic E-state index is 13.5. The highest BCUT2D eigenvalue weighted by molar-refractivity contribution is 5.97. The molecule has 0 spiro atoms. The molecule has 1 heterocycles. The van der Waals surface area contributed by atoms with E-state index in [0.717, 1.165) is 12.1 Å². The predicted molar refractivity (Wildman–Crippen MR) is 94.4 cm³/mol. The van der Waals surface area contributed by atoms with Crippen LogP contribution in [0.4, 0.5) is 24.5 Å². The van der Waals surface area contributed by atoms with Gasteiger partial charge in [0.25, 0.3) is 5.91 Å².